The summed E-state index contributed by atoms with van der Waals surface area (Å²) in [6, 6.07) is 9.10. The molecule has 120 valence electrons. The van der Waals surface area contributed by atoms with Gasteiger partial charge in [0.05, 0.1) is 6.04 Å². The summed E-state index contributed by atoms with van der Waals surface area (Å²) in [6.45, 7) is 10.0. The Hall–Kier alpha value is -0.570. The summed E-state index contributed by atoms with van der Waals surface area (Å²) in [4.78, 5) is 2.57. The van der Waals surface area contributed by atoms with Crippen LogP contribution >= 0.6 is 11.6 Å². The lowest BCUT2D eigenvalue weighted by Crippen LogP contribution is -2.45. The molecular formula is C18H31ClN2. The van der Waals surface area contributed by atoms with Crippen molar-refractivity contribution >= 4 is 11.6 Å². The average molecular weight is 311 g/mol. The standard InChI is InChI=1S/C18H31ClN2/c1-5-8-12-21(14(4)6-2)18(17(20)7-3)15-10-9-11-16(19)13-15/h9-11,13-14,17-18H,5-8,12,20H2,1-4H3. The first kappa shape index (κ1) is 18.5. The maximum atomic E-state index is 6.48. The molecule has 1 aromatic carbocycles. The maximum Gasteiger partial charge on any atom is 0.0502 e. The van der Waals surface area contributed by atoms with Gasteiger partial charge in [-0.1, -0.05) is 50.9 Å². The molecule has 1 rings (SSSR count). The van der Waals surface area contributed by atoms with E-state index in [4.69, 9.17) is 17.3 Å². The van der Waals surface area contributed by atoms with Gasteiger partial charge in [0.15, 0.2) is 0 Å². The first-order valence-corrected chi connectivity index (χ1v) is 8.69. The highest BCUT2D eigenvalue weighted by molar-refractivity contribution is 6.30. The maximum absolute atomic E-state index is 6.48. The Morgan fingerprint density at radius 1 is 1.19 bits per heavy atom. The summed E-state index contributed by atoms with van der Waals surface area (Å²) >= 11 is 6.20. The summed E-state index contributed by atoms with van der Waals surface area (Å²) in [5.41, 5.74) is 7.72. The largest absolute Gasteiger partial charge is 0.326 e. The van der Waals surface area contributed by atoms with Gasteiger partial charge in [0, 0.05) is 17.1 Å². The first-order valence-electron chi connectivity index (χ1n) is 8.31. The third-order valence-corrected chi connectivity index (χ3v) is 4.59. The molecule has 0 fully saturated rings. The van der Waals surface area contributed by atoms with E-state index in [2.05, 4.69) is 44.7 Å². The Kier molecular flexibility index (Phi) is 8.31. The van der Waals surface area contributed by atoms with Crippen molar-refractivity contribution < 1.29 is 0 Å². The van der Waals surface area contributed by atoms with Crippen molar-refractivity contribution in [3.05, 3.63) is 34.9 Å². The highest BCUT2D eigenvalue weighted by Gasteiger charge is 2.28. The number of hydrogen-bond acceptors (Lipinski definition) is 2. The zero-order valence-electron chi connectivity index (χ0n) is 14.0. The lowest BCUT2D eigenvalue weighted by Gasteiger charge is -2.39. The van der Waals surface area contributed by atoms with Crippen LogP contribution in [0.3, 0.4) is 0 Å². The second-order valence-electron chi connectivity index (χ2n) is 5.92. The molecule has 2 N–H and O–H groups in total. The van der Waals surface area contributed by atoms with E-state index in [1.165, 1.54) is 18.4 Å². The van der Waals surface area contributed by atoms with Crippen LogP contribution in [0.4, 0.5) is 0 Å². The van der Waals surface area contributed by atoms with Crippen molar-refractivity contribution in [3.63, 3.8) is 0 Å². The molecule has 0 saturated heterocycles. The second kappa shape index (κ2) is 9.45. The number of nitrogens with two attached hydrogens (primary N) is 1. The first-order chi connectivity index (χ1) is 10.0. The Bertz CT molecular complexity index is 408. The van der Waals surface area contributed by atoms with Gasteiger partial charge in [0.25, 0.3) is 0 Å². The minimum atomic E-state index is 0.134. The van der Waals surface area contributed by atoms with Crippen LogP contribution < -0.4 is 5.73 Å². The van der Waals surface area contributed by atoms with E-state index < -0.39 is 0 Å². The van der Waals surface area contributed by atoms with E-state index in [9.17, 15) is 0 Å². The molecule has 0 aliphatic rings. The molecule has 2 nitrogen and oxygen atoms in total. The fourth-order valence-corrected chi connectivity index (χ4v) is 3.01. The number of benzene rings is 1. The van der Waals surface area contributed by atoms with Gasteiger partial charge in [-0.15, -0.1) is 0 Å². The monoisotopic (exact) mass is 310 g/mol. The topological polar surface area (TPSA) is 29.3 Å². The van der Waals surface area contributed by atoms with Crippen molar-refractivity contribution in [1.82, 2.24) is 4.90 Å². The zero-order valence-corrected chi connectivity index (χ0v) is 14.7. The summed E-state index contributed by atoms with van der Waals surface area (Å²) in [6.07, 6.45) is 4.52. The molecule has 3 heteroatoms. The van der Waals surface area contributed by atoms with Crippen molar-refractivity contribution in [2.24, 2.45) is 5.73 Å². The smallest absolute Gasteiger partial charge is 0.0502 e. The van der Waals surface area contributed by atoms with Gasteiger partial charge >= 0.3 is 0 Å². The second-order valence-corrected chi connectivity index (χ2v) is 6.36. The van der Waals surface area contributed by atoms with Crippen molar-refractivity contribution in [2.75, 3.05) is 6.54 Å². The summed E-state index contributed by atoms with van der Waals surface area (Å²) in [7, 11) is 0. The molecular weight excluding hydrogens is 280 g/mol. The van der Waals surface area contributed by atoms with Gasteiger partial charge in [0.1, 0.15) is 0 Å². The van der Waals surface area contributed by atoms with Crippen LogP contribution in [-0.4, -0.2) is 23.5 Å². The lowest BCUT2D eigenvalue weighted by molar-refractivity contribution is 0.116. The molecule has 0 radical (unpaired) electrons. The molecule has 0 aromatic heterocycles. The van der Waals surface area contributed by atoms with Crippen LogP contribution in [0, 0.1) is 0 Å². The van der Waals surface area contributed by atoms with Gasteiger partial charge in [-0.05, 0) is 50.4 Å². The number of unbranched alkanes of at least 4 members (excludes halogenated alkanes) is 1. The predicted molar refractivity (Wildman–Crippen MR) is 93.8 cm³/mol. The third kappa shape index (κ3) is 5.28. The molecule has 0 aliphatic heterocycles. The summed E-state index contributed by atoms with van der Waals surface area (Å²) < 4.78 is 0. The van der Waals surface area contributed by atoms with Crippen LogP contribution in [-0.2, 0) is 0 Å². The molecule has 0 heterocycles. The molecule has 0 aliphatic carbocycles. The van der Waals surface area contributed by atoms with Gasteiger partial charge < -0.3 is 5.73 Å². The van der Waals surface area contributed by atoms with Crippen LogP contribution in [0.2, 0.25) is 5.02 Å². The van der Waals surface area contributed by atoms with E-state index in [1.807, 2.05) is 12.1 Å². The van der Waals surface area contributed by atoms with Crippen molar-refractivity contribution in [3.8, 4) is 0 Å². The molecule has 0 saturated carbocycles. The highest BCUT2D eigenvalue weighted by atomic mass is 35.5. The molecule has 1 aromatic rings. The number of halogens is 1. The molecule has 3 atom stereocenters. The molecule has 0 amide bonds. The van der Waals surface area contributed by atoms with Crippen molar-refractivity contribution in [2.45, 2.75) is 71.5 Å². The fraction of sp³-hybridized carbons (Fsp3) is 0.667. The SMILES string of the molecule is CCCCN(C(C)CC)C(c1cccc(Cl)c1)C(N)CC. The van der Waals surface area contributed by atoms with E-state index >= 15 is 0 Å². The Labute approximate surface area is 135 Å². The number of nitrogens with zero attached hydrogens (tertiary/aromatic N) is 1. The normalized spacial score (nSPS) is 16.0. The van der Waals surface area contributed by atoms with Gasteiger partial charge in [-0.2, -0.15) is 0 Å². The minimum Gasteiger partial charge on any atom is -0.326 e. The highest BCUT2D eigenvalue weighted by Crippen LogP contribution is 2.30. The van der Waals surface area contributed by atoms with Crippen molar-refractivity contribution in [1.29, 1.82) is 0 Å². The Morgan fingerprint density at radius 3 is 2.43 bits per heavy atom. The number of hydrogen-bond donors (Lipinski definition) is 1. The zero-order chi connectivity index (χ0) is 15.8. The predicted octanol–water partition coefficient (Wildman–Crippen LogP) is 5.02. The van der Waals surface area contributed by atoms with Crippen LogP contribution in [0.1, 0.15) is 65.0 Å². The molecule has 0 spiro atoms. The number of rotatable bonds is 9. The average Bonchev–Trinajstić information content (AvgIpc) is 2.49. The Morgan fingerprint density at radius 2 is 1.90 bits per heavy atom. The van der Waals surface area contributed by atoms with Crippen LogP contribution in [0.15, 0.2) is 24.3 Å². The van der Waals surface area contributed by atoms with E-state index in [-0.39, 0.29) is 12.1 Å². The lowest BCUT2D eigenvalue weighted by atomic mass is 9.94. The molecule has 3 unspecified atom stereocenters. The fourth-order valence-electron chi connectivity index (χ4n) is 2.81. The van der Waals surface area contributed by atoms with Crippen LogP contribution in [0.25, 0.3) is 0 Å². The molecule has 0 bridgehead atoms. The van der Waals surface area contributed by atoms with E-state index in [0.29, 0.717) is 6.04 Å². The van der Waals surface area contributed by atoms with Gasteiger partial charge in [-0.25, -0.2) is 0 Å². The van der Waals surface area contributed by atoms with Crippen LogP contribution in [0.5, 0.6) is 0 Å². The Balaban J connectivity index is 3.12. The summed E-state index contributed by atoms with van der Waals surface area (Å²) in [5.74, 6) is 0. The third-order valence-electron chi connectivity index (χ3n) is 4.35. The van der Waals surface area contributed by atoms with E-state index in [0.717, 1.165) is 24.4 Å². The molecule has 21 heavy (non-hydrogen) atoms. The van der Waals surface area contributed by atoms with Gasteiger partial charge in [-0.3, -0.25) is 4.90 Å². The quantitative estimate of drug-likeness (QED) is 0.694. The minimum absolute atomic E-state index is 0.134. The van der Waals surface area contributed by atoms with E-state index in [1.54, 1.807) is 0 Å². The van der Waals surface area contributed by atoms with Gasteiger partial charge in [0.2, 0.25) is 0 Å². The summed E-state index contributed by atoms with van der Waals surface area (Å²) in [5, 5.41) is 0.792.